The zero-order chi connectivity index (χ0) is 12.8. The molecule has 0 spiro atoms. The van der Waals surface area contributed by atoms with Gasteiger partial charge in [-0.25, -0.2) is 4.98 Å². The van der Waals surface area contributed by atoms with Crippen LogP contribution in [0.15, 0.2) is 18.2 Å². The predicted octanol–water partition coefficient (Wildman–Crippen LogP) is 1.78. The van der Waals surface area contributed by atoms with Crippen LogP contribution >= 0.6 is 0 Å². The fourth-order valence-corrected chi connectivity index (χ4v) is 2.20. The Labute approximate surface area is 104 Å². The van der Waals surface area contributed by atoms with E-state index < -0.39 is 5.41 Å². The van der Waals surface area contributed by atoms with E-state index in [1.165, 1.54) is 7.11 Å². The van der Waals surface area contributed by atoms with Crippen molar-refractivity contribution in [2.24, 2.45) is 0 Å². The number of nitrogens with zero attached hydrogens (tertiary/aromatic N) is 1. The van der Waals surface area contributed by atoms with E-state index in [9.17, 15) is 4.79 Å². The van der Waals surface area contributed by atoms with Crippen LogP contribution in [0.1, 0.15) is 18.7 Å². The highest BCUT2D eigenvalue weighted by molar-refractivity contribution is 5.87. The molecule has 1 aromatic heterocycles. The Morgan fingerprint density at radius 1 is 1.39 bits per heavy atom. The molecule has 3 rings (SSSR count). The van der Waals surface area contributed by atoms with Crippen LogP contribution in [0.25, 0.3) is 11.0 Å². The third kappa shape index (κ3) is 1.47. The summed E-state index contributed by atoms with van der Waals surface area (Å²) >= 11 is 0. The number of carbonyl (C=O) groups excluding carboxylic acids is 1. The molecule has 5 heteroatoms. The summed E-state index contributed by atoms with van der Waals surface area (Å²) in [6.07, 6.45) is 1.58. The summed E-state index contributed by atoms with van der Waals surface area (Å²) in [7, 11) is 3.03. The second kappa shape index (κ2) is 3.73. The molecule has 5 nitrogen and oxygen atoms in total. The Kier molecular flexibility index (Phi) is 2.29. The van der Waals surface area contributed by atoms with Crippen molar-refractivity contribution in [3.05, 3.63) is 24.0 Å². The lowest BCUT2D eigenvalue weighted by Crippen LogP contribution is -2.23. The number of rotatable bonds is 3. The predicted molar refractivity (Wildman–Crippen MR) is 65.6 cm³/mol. The number of aromatic amines is 1. The third-order valence-electron chi connectivity index (χ3n) is 3.47. The van der Waals surface area contributed by atoms with Crippen molar-refractivity contribution in [2.45, 2.75) is 18.3 Å². The molecule has 1 aliphatic carbocycles. The zero-order valence-electron chi connectivity index (χ0n) is 10.3. The molecule has 1 saturated carbocycles. The summed E-state index contributed by atoms with van der Waals surface area (Å²) in [5.74, 6) is 1.24. The van der Waals surface area contributed by atoms with Crippen molar-refractivity contribution < 1.29 is 14.3 Å². The van der Waals surface area contributed by atoms with Crippen LogP contribution in [0.5, 0.6) is 5.75 Å². The molecule has 1 fully saturated rings. The first kappa shape index (κ1) is 11.1. The van der Waals surface area contributed by atoms with Gasteiger partial charge in [0.25, 0.3) is 0 Å². The van der Waals surface area contributed by atoms with Gasteiger partial charge in [-0.15, -0.1) is 0 Å². The normalized spacial score (nSPS) is 16.6. The molecule has 0 saturated heterocycles. The monoisotopic (exact) mass is 246 g/mol. The van der Waals surface area contributed by atoms with Crippen molar-refractivity contribution in [3.8, 4) is 5.75 Å². The average Bonchev–Trinajstić information content (AvgIpc) is 3.11. The highest BCUT2D eigenvalue weighted by atomic mass is 16.5. The summed E-state index contributed by atoms with van der Waals surface area (Å²) in [6, 6.07) is 5.60. The van der Waals surface area contributed by atoms with Gasteiger partial charge in [-0.2, -0.15) is 0 Å². The van der Waals surface area contributed by atoms with Gasteiger partial charge in [0.05, 0.1) is 25.3 Å². The van der Waals surface area contributed by atoms with E-state index in [1.54, 1.807) is 7.11 Å². The van der Waals surface area contributed by atoms with E-state index in [0.717, 1.165) is 29.6 Å². The number of hydrogen-bond acceptors (Lipinski definition) is 4. The first-order chi connectivity index (χ1) is 8.69. The lowest BCUT2D eigenvalue weighted by Gasteiger charge is -2.08. The van der Waals surface area contributed by atoms with Crippen molar-refractivity contribution >= 4 is 17.0 Å². The van der Waals surface area contributed by atoms with E-state index in [4.69, 9.17) is 9.47 Å². The number of H-pyrrole nitrogens is 1. The fourth-order valence-electron chi connectivity index (χ4n) is 2.20. The Hall–Kier alpha value is -2.04. The van der Waals surface area contributed by atoms with E-state index in [-0.39, 0.29) is 5.97 Å². The smallest absolute Gasteiger partial charge is 0.319 e. The molecule has 1 aromatic carbocycles. The van der Waals surface area contributed by atoms with Crippen LogP contribution in [0.2, 0.25) is 0 Å². The van der Waals surface area contributed by atoms with Gasteiger partial charge in [0.15, 0.2) is 0 Å². The minimum atomic E-state index is -0.555. The average molecular weight is 246 g/mol. The van der Waals surface area contributed by atoms with Gasteiger partial charge in [-0.1, -0.05) is 0 Å². The molecule has 1 heterocycles. The summed E-state index contributed by atoms with van der Waals surface area (Å²) in [5, 5.41) is 0. The Balaban J connectivity index is 2.06. The van der Waals surface area contributed by atoms with E-state index in [0.29, 0.717) is 5.82 Å². The molecule has 0 bridgehead atoms. The molecule has 0 radical (unpaired) electrons. The maximum atomic E-state index is 11.8. The standard InChI is InChI=1S/C13H14N2O3/c1-17-8-3-4-9-10(7-8)15-11(14-9)13(5-6-13)12(16)18-2/h3-4,7H,5-6H2,1-2H3,(H,14,15). The molecule has 0 amide bonds. The highest BCUT2D eigenvalue weighted by Crippen LogP contribution is 2.48. The van der Waals surface area contributed by atoms with Crippen LogP contribution in [-0.4, -0.2) is 30.2 Å². The van der Waals surface area contributed by atoms with Crippen molar-refractivity contribution in [1.29, 1.82) is 0 Å². The molecular weight excluding hydrogens is 232 g/mol. The SMILES string of the molecule is COC(=O)C1(c2nc3ccc(OC)cc3[nH]2)CC1. The molecule has 2 aromatic rings. The number of imidazole rings is 1. The Morgan fingerprint density at radius 3 is 2.78 bits per heavy atom. The van der Waals surface area contributed by atoms with Crippen molar-refractivity contribution in [3.63, 3.8) is 0 Å². The number of ether oxygens (including phenoxy) is 2. The molecule has 18 heavy (non-hydrogen) atoms. The lowest BCUT2D eigenvalue weighted by molar-refractivity contribution is -0.143. The first-order valence-corrected chi connectivity index (χ1v) is 5.82. The Morgan fingerprint density at radius 2 is 2.17 bits per heavy atom. The number of methoxy groups -OCH3 is 2. The van der Waals surface area contributed by atoms with Gasteiger partial charge in [0, 0.05) is 6.07 Å². The minimum Gasteiger partial charge on any atom is -0.497 e. The van der Waals surface area contributed by atoms with E-state index >= 15 is 0 Å². The van der Waals surface area contributed by atoms with Gasteiger partial charge in [0.1, 0.15) is 17.0 Å². The van der Waals surface area contributed by atoms with Crippen molar-refractivity contribution in [2.75, 3.05) is 14.2 Å². The minimum absolute atomic E-state index is 0.214. The number of carbonyl (C=O) groups is 1. The van der Waals surface area contributed by atoms with Crippen LogP contribution in [0.4, 0.5) is 0 Å². The topological polar surface area (TPSA) is 64.2 Å². The Bertz CT molecular complexity index is 614. The third-order valence-corrected chi connectivity index (χ3v) is 3.47. The number of aromatic nitrogens is 2. The molecular formula is C13H14N2O3. The molecule has 1 aliphatic rings. The summed E-state index contributed by atoms with van der Waals surface area (Å²) in [5.41, 5.74) is 1.15. The van der Waals surface area contributed by atoms with Gasteiger partial charge in [0.2, 0.25) is 0 Å². The number of nitrogens with one attached hydrogen (secondary N) is 1. The molecule has 94 valence electrons. The maximum absolute atomic E-state index is 11.8. The quantitative estimate of drug-likeness (QED) is 0.838. The summed E-state index contributed by atoms with van der Waals surface area (Å²) in [4.78, 5) is 19.5. The number of benzene rings is 1. The van der Waals surface area contributed by atoms with E-state index in [2.05, 4.69) is 9.97 Å². The first-order valence-electron chi connectivity index (χ1n) is 5.82. The van der Waals surface area contributed by atoms with Crippen LogP contribution < -0.4 is 4.74 Å². The largest absolute Gasteiger partial charge is 0.497 e. The van der Waals surface area contributed by atoms with Crippen LogP contribution in [0.3, 0.4) is 0 Å². The molecule has 0 unspecified atom stereocenters. The highest BCUT2D eigenvalue weighted by Gasteiger charge is 2.55. The zero-order valence-corrected chi connectivity index (χ0v) is 10.3. The van der Waals surface area contributed by atoms with E-state index in [1.807, 2.05) is 18.2 Å². The van der Waals surface area contributed by atoms with Crippen molar-refractivity contribution in [1.82, 2.24) is 9.97 Å². The summed E-state index contributed by atoms with van der Waals surface area (Å²) in [6.45, 7) is 0. The number of hydrogen-bond donors (Lipinski definition) is 1. The molecule has 1 N–H and O–H groups in total. The lowest BCUT2D eigenvalue weighted by atomic mass is 10.1. The van der Waals surface area contributed by atoms with Gasteiger partial charge in [-0.05, 0) is 25.0 Å². The van der Waals surface area contributed by atoms with Gasteiger partial charge in [-0.3, -0.25) is 4.79 Å². The maximum Gasteiger partial charge on any atom is 0.319 e. The van der Waals surface area contributed by atoms with Crippen LogP contribution in [-0.2, 0) is 14.9 Å². The van der Waals surface area contributed by atoms with Gasteiger partial charge < -0.3 is 14.5 Å². The summed E-state index contributed by atoms with van der Waals surface area (Å²) < 4.78 is 10.0. The number of esters is 1. The number of fused-ring (bicyclic) bond motifs is 1. The fraction of sp³-hybridized carbons (Fsp3) is 0.385. The second-order valence-electron chi connectivity index (χ2n) is 4.54. The molecule has 0 atom stereocenters. The second-order valence-corrected chi connectivity index (χ2v) is 4.54. The van der Waals surface area contributed by atoms with Crippen LogP contribution in [0, 0.1) is 0 Å². The van der Waals surface area contributed by atoms with Gasteiger partial charge >= 0.3 is 5.97 Å². The molecule has 0 aliphatic heterocycles.